The van der Waals surface area contributed by atoms with Gasteiger partial charge in [0.25, 0.3) is 10.0 Å². The minimum atomic E-state index is -4.13. The molecule has 214 valence electrons. The molecule has 0 heterocycles. The molecule has 8 nitrogen and oxygen atoms in total. The third-order valence-corrected chi connectivity index (χ3v) is 8.45. The Hall–Kier alpha value is -3.37. The highest BCUT2D eigenvalue weighted by Gasteiger charge is 2.32. The zero-order valence-electron chi connectivity index (χ0n) is 23.4. The normalized spacial score (nSPS) is 12.1. The molecule has 2 amide bonds. The van der Waals surface area contributed by atoms with E-state index in [2.05, 4.69) is 21.2 Å². The van der Waals surface area contributed by atoms with Gasteiger partial charge in [0.15, 0.2) is 0 Å². The lowest BCUT2D eigenvalue weighted by atomic mass is 10.1. The zero-order chi connectivity index (χ0) is 29.4. The molecular weight excluding hydrogens is 594 g/mol. The van der Waals surface area contributed by atoms with Gasteiger partial charge in [0.05, 0.1) is 17.2 Å². The summed E-state index contributed by atoms with van der Waals surface area (Å²) in [6.07, 6.45) is 0. The van der Waals surface area contributed by atoms with Gasteiger partial charge >= 0.3 is 0 Å². The standard InChI is InChI=1S/C30H36BrN3O5S/c1-6-39-27-14-12-26(13-15-27)34(40(37,38)28-16-10-22(4)11-17-28)20-29(35)33(23(5)30(36)32-21(2)3)19-24-8-7-9-25(31)18-24/h7-18,21,23H,6,19-20H2,1-5H3,(H,32,36)/t23-/m0/s1. The molecule has 0 bridgehead atoms. The van der Waals surface area contributed by atoms with Crippen LogP contribution in [0, 0.1) is 6.92 Å². The first-order valence-electron chi connectivity index (χ1n) is 13.1. The van der Waals surface area contributed by atoms with Crippen LogP contribution < -0.4 is 14.4 Å². The van der Waals surface area contributed by atoms with Gasteiger partial charge in [-0.2, -0.15) is 0 Å². The molecule has 3 aromatic rings. The van der Waals surface area contributed by atoms with Crippen molar-refractivity contribution in [2.75, 3.05) is 17.5 Å². The Bertz CT molecular complexity index is 1410. The highest BCUT2D eigenvalue weighted by molar-refractivity contribution is 9.10. The van der Waals surface area contributed by atoms with E-state index < -0.39 is 28.5 Å². The van der Waals surface area contributed by atoms with Crippen LogP contribution in [0.15, 0.2) is 82.2 Å². The summed E-state index contributed by atoms with van der Waals surface area (Å²) in [6.45, 7) is 9.13. The molecule has 0 saturated carbocycles. The van der Waals surface area contributed by atoms with E-state index in [1.165, 1.54) is 17.0 Å². The molecule has 0 unspecified atom stereocenters. The van der Waals surface area contributed by atoms with Crippen LogP contribution in [0.5, 0.6) is 5.75 Å². The lowest BCUT2D eigenvalue weighted by Crippen LogP contribution is -2.52. The van der Waals surface area contributed by atoms with Crippen LogP contribution in [0.25, 0.3) is 0 Å². The molecule has 0 radical (unpaired) electrons. The minimum Gasteiger partial charge on any atom is -0.494 e. The second kappa shape index (κ2) is 13.8. The number of amides is 2. The van der Waals surface area contributed by atoms with E-state index in [0.717, 1.165) is 19.9 Å². The van der Waals surface area contributed by atoms with Crippen molar-refractivity contribution < 1.29 is 22.7 Å². The molecule has 1 atom stereocenters. The van der Waals surface area contributed by atoms with Crippen molar-refractivity contribution in [3.8, 4) is 5.75 Å². The van der Waals surface area contributed by atoms with Crippen LogP contribution in [-0.2, 0) is 26.2 Å². The number of nitrogens with one attached hydrogen (secondary N) is 1. The van der Waals surface area contributed by atoms with Gasteiger partial charge in [0.2, 0.25) is 11.8 Å². The fourth-order valence-electron chi connectivity index (χ4n) is 4.06. The number of hydrogen-bond acceptors (Lipinski definition) is 5. The third-order valence-electron chi connectivity index (χ3n) is 6.16. The topological polar surface area (TPSA) is 96.0 Å². The Labute approximate surface area is 245 Å². The maximum atomic E-state index is 14.0. The molecule has 1 N–H and O–H groups in total. The van der Waals surface area contributed by atoms with Crippen molar-refractivity contribution in [3.05, 3.63) is 88.4 Å². The highest BCUT2D eigenvalue weighted by atomic mass is 79.9. The number of sulfonamides is 1. The lowest BCUT2D eigenvalue weighted by molar-refractivity contribution is -0.139. The van der Waals surface area contributed by atoms with Gasteiger partial charge < -0.3 is 15.0 Å². The number of nitrogens with zero attached hydrogens (tertiary/aromatic N) is 2. The van der Waals surface area contributed by atoms with E-state index in [4.69, 9.17) is 4.74 Å². The van der Waals surface area contributed by atoms with Crippen molar-refractivity contribution in [3.63, 3.8) is 0 Å². The SMILES string of the molecule is CCOc1ccc(N(CC(=O)N(Cc2cccc(Br)c2)[C@@H](C)C(=O)NC(C)C)S(=O)(=O)c2ccc(C)cc2)cc1. The zero-order valence-corrected chi connectivity index (χ0v) is 25.8. The highest BCUT2D eigenvalue weighted by Crippen LogP contribution is 2.27. The summed E-state index contributed by atoms with van der Waals surface area (Å²) in [5.74, 6) is -0.260. The number of carbonyl (C=O) groups is 2. The maximum Gasteiger partial charge on any atom is 0.264 e. The van der Waals surface area contributed by atoms with Crippen LogP contribution >= 0.6 is 15.9 Å². The molecule has 3 rings (SSSR count). The summed E-state index contributed by atoms with van der Waals surface area (Å²) < 4.78 is 35.2. The van der Waals surface area contributed by atoms with Gasteiger partial charge in [0, 0.05) is 17.1 Å². The van der Waals surface area contributed by atoms with Gasteiger partial charge in [-0.05, 0) is 88.7 Å². The van der Waals surface area contributed by atoms with Crippen LogP contribution in [0.1, 0.15) is 38.8 Å². The molecule has 0 aliphatic rings. The van der Waals surface area contributed by atoms with Crippen LogP contribution in [-0.4, -0.2) is 50.4 Å². The summed E-state index contributed by atoms with van der Waals surface area (Å²) in [6, 6.07) is 19.5. The molecule has 0 aromatic heterocycles. The largest absolute Gasteiger partial charge is 0.494 e. The summed E-state index contributed by atoms with van der Waals surface area (Å²) >= 11 is 3.45. The summed E-state index contributed by atoms with van der Waals surface area (Å²) in [5.41, 5.74) is 2.01. The Kier molecular flexibility index (Phi) is 10.8. The number of anilines is 1. The number of rotatable bonds is 12. The Morgan fingerprint density at radius 1 is 0.975 bits per heavy atom. The first-order chi connectivity index (χ1) is 18.9. The fraction of sp³-hybridized carbons (Fsp3) is 0.333. The molecular formula is C30H36BrN3O5S. The monoisotopic (exact) mass is 629 g/mol. The summed E-state index contributed by atoms with van der Waals surface area (Å²) in [4.78, 5) is 28.4. The number of hydrogen-bond donors (Lipinski definition) is 1. The second-order valence-electron chi connectivity index (χ2n) is 9.74. The Balaban J connectivity index is 2.03. The van der Waals surface area contributed by atoms with Crippen LogP contribution in [0.3, 0.4) is 0 Å². The molecule has 40 heavy (non-hydrogen) atoms. The van der Waals surface area contributed by atoms with Crippen LogP contribution in [0.2, 0.25) is 0 Å². The average Bonchev–Trinajstić information content (AvgIpc) is 2.90. The average molecular weight is 631 g/mol. The van der Waals surface area contributed by atoms with E-state index in [1.807, 2.05) is 52.0 Å². The number of benzene rings is 3. The Morgan fingerprint density at radius 2 is 1.62 bits per heavy atom. The fourth-order valence-corrected chi connectivity index (χ4v) is 5.92. The maximum absolute atomic E-state index is 14.0. The van der Waals surface area contributed by atoms with Crippen molar-refractivity contribution >= 4 is 43.5 Å². The van der Waals surface area contributed by atoms with Gasteiger partial charge in [0.1, 0.15) is 18.3 Å². The molecule has 0 spiro atoms. The van der Waals surface area contributed by atoms with Crippen LogP contribution in [0.4, 0.5) is 5.69 Å². The number of carbonyl (C=O) groups excluding carboxylic acids is 2. The summed E-state index contributed by atoms with van der Waals surface area (Å²) in [7, 11) is -4.13. The number of halogens is 1. The predicted octanol–water partition coefficient (Wildman–Crippen LogP) is 5.29. The van der Waals surface area contributed by atoms with E-state index in [9.17, 15) is 18.0 Å². The van der Waals surface area contributed by atoms with E-state index >= 15 is 0 Å². The second-order valence-corrected chi connectivity index (χ2v) is 12.5. The molecule has 0 fully saturated rings. The lowest BCUT2D eigenvalue weighted by Gasteiger charge is -2.32. The van der Waals surface area contributed by atoms with Gasteiger partial charge in [-0.1, -0.05) is 45.8 Å². The van der Waals surface area contributed by atoms with Crippen molar-refractivity contribution in [1.82, 2.24) is 10.2 Å². The molecule has 0 aliphatic carbocycles. The predicted molar refractivity (Wildman–Crippen MR) is 161 cm³/mol. The van der Waals surface area contributed by atoms with Gasteiger partial charge in [-0.3, -0.25) is 13.9 Å². The van der Waals surface area contributed by atoms with Crippen molar-refractivity contribution in [2.24, 2.45) is 0 Å². The first-order valence-corrected chi connectivity index (χ1v) is 15.3. The summed E-state index contributed by atoms with van der Waals surface area (Å²) in [5, 5.41) is 2.85. The first kappa shape index (κ1) is 31.2. The Morgan fingerprint density at radius 3 is 2.20 bits per heavy atom. The number of aryl methyl sites for hydroxylation is 1. The smallest absolute Gasteiger partial charge is 0.264 e. The van der Waals surface area contributed by atoms with Crippen molar-refractivity contribution in [2.45, 2.75) is 58.1 Å². The molecule has 0 aliphatic heterocycles. The molecule has 10 heteroatoms. The third kappa shape index (κ3) is 8.08. The molecule has 3 aromatic carbocycles. The number of ether oxygens (including phenoxy) is 1. The minimum absolute atomic E-state index is 0.0592. The van der Waals surface area contributed by atoms with Gasteiger partial charge in [-0.25, -0.2) is 8.42 Å². The van der Waals surface area contributed by atoms with Crippen molar-refractivity contribution in [1.29, 1.82) is 0 Å². The molecule has 0 saturated heterocycles. The van der Waals surface area contributed by atoms with E-state index in [1.54, 1.807) is 43.3 Å². The quantitative estimate of drug-likeness (QED) is 0.294. The van der Waals surface area contributed by atoms with Gasteiger partial charge in [-0.15, -0.1) is 0 Å². The van der Waals surface area contributed by atoms with E-state index in [-0.39, 0.29) is 23.4 Å². The van der Waals surface area contributed by atoms with E-state index in [0.29, 0.717) is 18.0 Å².